The van der Waals surface area contributed by atoms with Crippen LogP contribution >= 0.6 is 12.4 Å². The number of hydrogen-bond acceptors (Lipinski definition) is 4. The van der Waals surface area contributed by atoms with Crippen molar-refractivity contribution < 1.29 is 4.74 Å². The first-order valence-electron chi connectivity index (χ1n) is 5.59. The summed E-state index contributed by atoms with van der Waals surface area (Å²) in [6, 6.07) is 10.3. The minimum absolute atomic E-state index is 0. The van der Waals surface area contributed by atoms with Crippen molar-refractivity contribution in [2.24, 2.45) is 4.99 Å². The van der Waals surface area contributed by atoms with E-state index in [2.05, 4.69) is 27.8 Å². The summed E-state index contributed by atoms with van der Waals surface area (Å²) >= 11 is 0. The molecular weight excluding hydrogens is 238 g/mol. The van der Waals surface area contributed by atoms with Gasteiger partial charge in [0.25, 0.3) is 0 Å². The molecule has 0 amide bonds. The maximum atomic E-state index is 5.29. The highest BCUT2D eigenvalue weighted by atomic mass is 35.5. The van der Waals surface area contributed by atoms with Gasteiger partial charge in [0.1, 0.15) is 0 Å². The van der Waals surface area contributed by atoms with Gasteiger partial charge in [0, 0.05) is 13.1 Å². The average Bonchev–Trinajstić information content (AvgIpc) is 2.29. The molecular formula is C12H18ClN3O. The van der Waals surface area contributed by atoms with Crippen molar-refractivity contribution >= 4 is 18.4 Å². The van der Waals surface area contributed by atoms with Gasteiger partial charge in [-0.1, -0.05) is 30.3 Å². The van der Waals surface area contributed by atoms with Crippen LogP contribution in [0.15, 0.2) is 35.3 Å². The zero-order chi connectivity index (χ0) is 11.1. The lowest BCUT2D eigenvalue weighted by atomic mass is 10.2. The Labute approximate surface area is 108 Å². The summed E-state index contributed by atoms with van der Waals surface area (Å²) in [6.07, 6.45) is 0. The predicted molar refractivity (Wildman–Crippen MR) is 71.7 cm³/mol. The minimum atomic E-state index is 0. The van der Waals surface area contributed by atoms with Gasteiger partial charge in [-0.25, -0.2) is 0 Å². The molecule has 0 aliphatic carbocycles. The van der Waals surface area contributed by atoms with Crippen LogP contribution < -0.4 is 10.6 Å². The second-order valence-corrected chi connectivity index (χ2v) is 3.61. The van der Waals surface area contributed by atoms with Crippen LogP contribution in [0.4, 0.5) is 0 Å². The smallest absolute Gasteiger partial charge is 0.191 e. The Kier molecular flexibility index (Phi) is 6.43. The fraction of sp³-hybridized carbons (Fsp3) is 0.417. The summed E-state index contributed by atoms with van der Waals surface area (Å²) in [5.41, 5.74) is 1.25. The van der Waals surface area contributed by atoms with Crippen LogP contribution in [0.3, 0.4) is 0 Å². The largest absolute Gasteiger partial charge is 0.378 e. The van der Waals surface area contributed by atoms with E-state index in [-0.39, 0.29) is 12.4 Å². The first kappa shape index (κ1) is 13.8. The fourth-order valence-electron chi connectivity index (χ4n) is 1.52. The van der Waals surface area contributed by atoms with Crippen molar-refractivity contribution in [3.8, 4) is 0 Å². The number of hydrogen-bond donors (Lipinski definition) is 2. The summed E-state index contributed by atoms with van der Waals surface area (Å²) < 4.78 is 5.29. The Bertz CT molecular complexity index is 343. The monoisotopic (exact) mass is 255 g/mol. The third kappa shape index (κ3) is 5.06. The standard InChI is InChI=1S/C12H17N3O.ClH/c1-2-4-11(5-3-1)10-15-12-13-6-8-16-9-7-14-12;/h1-5H,6-10H2,(H2,13,14,15);1H. The van der Waals surface area contributed by atoms with Crippen molar-refractivity contribution in [1.82, 2.24) is 10.6 Å². The van der Waals surface area contributed by atoms with Crippen LogP contribution in [0, 0.1) is 0 Å². The Balaban J connectivity index is 0.00000144. The van der Waals surface area contributed by atoms with Gasteiger partial charge in [-0.3, -0.25) is 4.99 Å². The van der Waals surface area contributed by atoms with Crippen LogP contribution in [0.5, 0.6) is 0 Å². The number of nitrogens with zero attached hydrogens (tertiary/aromatic N) is 1. The molecule has 0 saturated heterocycles. The molecule has 0 unspecified atom stereocenters. The van der Waals surface area contributed by atoms with Crippen molar-refractivity contribution in [3.63, 3.8) is 0 Å². The van der Waals surface area contributed by atoms with Gasteiger partial charge in [0.05, 0.1) is 19.8 Å². The van der Waals surface area contributed by atoms with E-state index in [9.17, 15) is 0 Å². The molecule has 2 rings (SSSR count). The van der Waals surface area contributed by atoms with Crippen molar-refractivity contribution in [2.75, 3.05) is 26.3 Å². The number of aliphatic imine (C=N–C) groups is 1. The topological polar surface area (TPSA) is 45.7 Å². The summed E-state index contributed by atoms with van der Waals surface area (Å²) in [5.74, 6) is 0.868. The van der Waals surface area contributed by atoms with Gasteiger partial charge in [-0.05, 0) is 5.56 Å². The molecule has 0 saturated carbocycles. The summed E-state index contributed by atoms with van der Waals surface area (Å²) in [6.45, 7) is 3.77. The number of rotatable bonds is 2. The van der Waals surface area contributed by atoms with Crippen LogP contribution in [0.1, 0.15) is 5.56 Å². The van der Waals surface area contributed by atoms with Gasteiger partial charge in [-0.2, -0.15) is 0 Å². The second-order valence-electron chi connectivity index (χ2n) is 3.61. The molecule has 94 valence electrons. The van der Waals surface area contributed by atoms with E-state index in [1.807, 2.05) is 18.2 Å². The van der Waals surface area contributed by atoms with Crippen molar-refractivity contribution in [1.29, 1.82) is 0 Å². The zero-order valence-corrected chi connectivity index (χ0v) is 10.5. The quantitative estimate of drug-likeness (QED) is 0.834. The normalized spacial score (nSPS) is 15.6. The van der Waals surface area contributed by atoms with E-state index < -0.39 is 0 Å². The number of nitrogens with one attached hydrogen (secondary N) is 2. The lowest BCUT2D eigenvalue weighted by molar-refractivity contribution is 0.143. The van der Waals surface area contributed by atoms with Gasteiger partial charge >= 0.3 is 0 Å². The first-order valence-corrected chi connectivity index (χ1v) is 5.59. The Morgan fingerprint density at radius 2 is 2.06 bits per heavy atom. The van der Waals surface area contributed by atoms with E-state index in [4.69, 9.17) is 4.74 Å². The van der Waals surface area contributed by atoms with Crippen LogP contribution in [-0.2, 0) is 11.3 Å². The fourth-order valence-corrected chi connectivity index (χ4v) is 1.52. The summed E-state index contributed by atoms with van der Waals surface area (Å²) in [5, 5.41) is 6.49. The van der Waals surface area contributed by atoms with Crippen LogP contribution in [0.25, 0.3) is 0 Å². The molecule has 2 N–H and O–H groups in total. The number of guanidine groups is 1. The van der Waals surface area contributed by atoms with E-state index >= 15 is 0 Å². The average molecular weight is 256 g/mol. The Hall–Kier alpha value is -1.26. The van der Waals surface area contributed by atoms with E-state index in [0.29, 0.717) is 13.2 Å². The molecule has 1 aromatic rings. The molecule has 17 heavy (non-hydrogen) atoms. The molecule has 1 aromatic carbocycles. The van der Waals surface area contributed by atoms with Crippen molar-refractivity contribution in [2.45, 2.75) is 6.54 Å². The van der Waals surface area contributed by atoms with E-state index in [1.165, 1.54) is 5.56 Å². The van der Waals surface area contributed by atoms with Crippen LogP contribution in [-0.4, -0.2) is 32.3 Å². The molecule has 1 heterocycles. The third-order valence-corrected chi connectivity index (χ3v) is 2.35. The number of halogens is 1. The molecule has 0 atom stereocenters. The van der Waals surface area contributed by atoms with E-state index in [1.54, 1.807) is 0 Å². The van der Waals surface area contributed by atoms with Gasteiger partial charge in [0.15, 0.2) is 5.96 Å². The minimum Gasteiger partial charge on any atom is -0.378 e. The molecule has 5 heteroatoms. The summed E-state index contributed by atoms with van der Waals surface area (Å²) in [4.78, 5) is 4.37. The predicted octanol–water partition coefficient (Wildman–Crippen LogP) is 1.17. The highest BCUT2D eigenvalue weighted by Crippen LogP contribution is 1.97. The lowest BCUT2D eigenvalue weighted by Gasteiger charge is -2.15. The van der Waals surface area contributed by atoms with Gasteiger partial charge in [-0.15, -0.1) is 12.4 Å². The molecule has 1 aliphatic rings. The molecule has 0 spiro atoms. The number of benzene rings is 1. The molecule has 0 radical (unpaired) electrons. The second kappa shape index (κ2) is 7.92. The first-order chi connectivity index (χ1) is 7.95. The highest BCUT2D eigenvalue weighted by molar-refractivity contribution is 5.85. The van der Waals surface area contributed by atoms with Gasteiger partial charge < -0.3 is 15.4 Å². The lowest BCUT2D eigenvalue weighted by Crippen LogP contribution is -2.40. The number of ether oxygens (including phenoxy) is 1. The zero-order valence-electron chi connectivity index (χ0n) is 9.69. The molecule has 0 bridgehead atoms. The van der Waals surface area contributed by atoms with Crippen molar-refractivity contribution in [3.05, 3.63) is 35.9 Å². The Morgan fingerprint density at radius 1 is 1.24 bits per heavy atom. The molecule has 0 fully saturated rings. The molecule has 1 aliphatic heterocycles. The highest BCUT2D eigenvalue weighted by Gasteiger charge is 2.01. The maximum Gasteiger partial charge on any atom is 0.191 e. The Morgan fingerprint density at radius 3 is 2.88 bits per heavy atom. The maximum absolute atomic E-state index is 5.29. The van der Waals surface area contributed by atoms with E-state index in [0.717, 1.165) is 25.7 Å². The third-order valence-electron chi connectivity index (χ3n) is 2.35. The molecule has 0 aromatic heterocycles. The van der Waals surface area contributed by atoms with Gasteiger partial charge in [0.2, 0.25) is 0 Å². The molecule has 4 nitrogen and oxygen atoms in total. The SMILES string of the molecule is Cl.c1ccc(CNC2=NCCOCCN2)cc1. The van der Waals surface area contributed by atoms with Crippen LogP contribution in [0.2, 0.25) is 0 Å². The summed E-state index contributed by atoms with van der Waals surface area (Å²) in [7, 11) is 0.